The van der Waals surface area contributed by atoms with Gasteiger partial charge in [0.05, 0.1) is 5.69 Å². The second kappa shape index (κ2) is 1.90. The van der Waals surface area contributed by atoms with E-state index in [1.807, 2.05) is 0 Å². The van der Waals surface area contributed by atoms with Gasteiger partial charge in [0.25, 0.3) is 0 Å². The minimum absolute atomic E-state index is 0.350. The molecule has 2 rings (SSSR count). The zero-order valence-corrected chi connectivity index (χ0v) is 5.21. The number of alkyl halides is 1. The first-order chi connectivity index (χ1) is 4.86. The minimum atomic E-state index is -0.891. The van der Waals surface area contributed by atoms with Crippen molar-refractivity contribution in [2.24, 2.45) is 0 Å². The molecule has 52 valence electrons. The first-order valence-corrected chi connectivity index (χ1v) is 3.08. The van der Waals surface area contributed by atoms with Gasteiger partial charge in [0.15, 0.2) is 0 Å². The van der Waals surface area contributed by atoms with Gasteiger partial charge in [-0.2, -0.15) is 15.4 Å². The molecule has 0 amide bonds. The summed E-state index contributed by atoms with van der Waals surface area (Å²) in [5, 5.41) is 10.0. The second-order valence-electron chi connectivity index (χ2n) is 2.23. The summed E-state index contributed by atoms with van der Waals surface area (Å²) < 4.78 is 12.6. The van der Waals surface area contributed by atoms with Crippen LogP contribution in [0.1, 0.15) is 11.4 Å². The number of aromatic amines is 1. The Morgan fingerprint density at radius 2 is 2.50 bits per heavy atom. The van der Waals surface area contributed by atoms with Crippen LogP contribution in [0.25, 0.3) is 6.08 Å². The van der Waals surface area contributed by atoms with Crippen molar-refractivity contribution in [1.29, 1.82) is 0 Å². The summed E-state index contributed by atoms with van der Waals surface area (Å²) in [5.74, 6) is 0. The third kappa shape index (κ3) is 0.725. The Labute approximate surface area is 56.9 Å². The van der Waals surface area contributed by atoms with Gasteiger partial charge in [-0.05, 0) is 12.2 Å². The van der Waals surface area contributed by atoms with E-state index >= 15 is 0 Å². The Kier molecular flexibility index (Phi) is 1.06. The quantitative estimate of drug-likeness (QED) is 0.575. The maximum atomic E-state index is 12.6. The number of aromatic nitrogens is 3. The number of fused-ring (bicyclic) bond motifs is 1. The van der Waals surface area contributed by atoms with E-state index in [0.717, 1.165) is 11.4 Å². The molecule has 10 heavy (non-hydrogen) atoms. The van der Waals surface area contributed by atoms with E-state index in [0.29, 0.717) is 6.42 Å². The van der Waals surface area contributed by atoms with Crippen molar-refractivity contribution < 1.29 is 4.39 Å². The molecule has 1 aromatic rings. The van der Waals surface area contributed by atoms with E-state index in [1.54, 1.807) is 6.08 Å². The zero-order chi connectivity index (χ0) is 6.97. The number of hydrogen-bond acceptors (Lipinski definition) is 2. The number of hydrogen-bond donors (Lipinski definition) is 1. The fraction of sp³-hybridized carbons (Fsp3) is 0.333. The molecule has 1 aromatic heterocycles. The molecule has 1 aliphatic carbocycles. The summed E-state index contributed by atoms with van der Waals surface area (Å²) in [5.41, 5.74) is 1.48. The highest BCUT2D eigenvalue weighted by Gasteiger charge is 2.15. The number of H-pyrrole nitrogens is 1. The number of nitrogens with zero attached hydrogens (tertiary/aromatic N) is 2. The smallest absolute Gasteiger partial charge is 0.124 e. The number of allylic oxidation sites excluding steroid dienone is 1. The van der Waals surface area contributed by atoms with Crippen molar-refractivity contribution in [1.82, 2.24) is 15.4 Å². The molecule has 0 aromatic carbocycles. The normalized spacial score (nSPS) is 22.7. The highest BCUT2D eigenvalue weighted by atomic mass is 19.1. The standard InChI is InChI=1S/C6H6FN3/c7-4-1-2-5-6(3-4)9-10-8-5/h1-2,4H,3H2,(H,8,9,10). The predicted molar refractivity (Wildman–Crippen MR) is 34.0 cm³/mol. The van der Waals surface area contributed by atoms with Gasteiger partial charge in [-0.1, -0.05) is 0 Å². The monoisotopic (exact) mass is 139 g/mol. The maximum absolute atomic E-state index is 12.6. The molecule has 3 nitrogen and oxygen atoms in total. The second-order valence-corrected chi connectivity index (χ2v) is 2.23. The van der Waals surface area contributed by atoms with Crippen LogP contribution < -0.4 is 0 Å². The van der Waals surface area contributed by atoms with Crippen LogP contribution in [0, 0.1) is 0 Å². The van der Waals surface area contributed by atoms with Gasteiger partial charge in [0, 0.05) is 6.42 Å². The van der Waals surface area contributed by atoms with Crippen LogP contribution in [-0.2, 0) is 6.42 Å². The van der Waals surface area contributed by atoms with Gasteiger partial charge in [-0.25, -0.2) is 4.39 Å². The first-order valence-electron chi connectivity index (χ1n) is 3.08. The number of nitrogens with one attached hydrogen (secondary N) is 1. The SMILES string of the molecule is FC1C=Cc2n[nH]nc2C1. The van der Waals surface area contributed by atoms with Gasteiger partial charge >= 0.3 is 0 Å². The van der Waals surface area contributed by atoms with E-state index in [1.165, 1.54) is 6.08 Å². The predicted octanol–water partition coefficient (Wildman–Crippen LogP) is 0.712. The third-order valence-electron chi connectivity index (χ3n) is 1.50. The van der Waals surface area contributed by atoms with Crippen molar-refractivity contribution in [2.75, 3.05) is 0 Å². The Morgan fingerprint density at radius 1 is 1.60 bits per heavy atom. The highest BCUT2D eigenvalue weighted by molar-refractivity contribution is 5.50. The Hall–Kier alpha value is -1.19. The average molecular weight is 139 g/mol. The maximum Gasteiger partial charge on any atom is 0.124 e. The van der Waals surface area contributed by atoms with Crippen molar-refractivity contribution in [3.63, 3.8) is 0 Å². The lowest BCUT2D eigenvalue weighted by atomic mass is 10.1. The highest BCUT2D eigenvalue weighted by Crippen LogP contribution is 2.15. The van der Waals surface area contributed by atoms with Crippen molar-refractivity contribution in [3.8, 4) is 0 Å². The minimum Gasteiger partial charge on any atom is -0.243 e. The van der Waals surface area contributed by atoms with Crippen molar-refractivity contribution in [2.45, 2.75) is 12.6 Å². The summed E-state index contributed by atoms with van der Waals surface area (Å²) in [4.78, 5) is 0. The number of halogens is 1. The third-order valence-corrected chi connectivity index (χ3v) is 1.50. The molecule has 1 N–H and O–H groups in total. The van der Waals surface area contributed by atoms with Gasteiger partial charge in [-0.15, -0.1) is 0 Å². The molecule has 0 spiro atoms. The van der Waals surface area contributed by atoms with Crippen LogP contribution in [0.5, 0.6) is 0 Å². The van der Waals surface area contributed by atoms with Crippen molar-refractivity contribution in [3.05, 3.63) is 17.5 Å². The van der Waals surface area contributed by atoms with Crippen LogP contribution >= 0.6 is 0 Å². The molecule has 0 fully saturated rings. The summed E-state index contributed by atoms with van der Waals surface area (Å²) >= 11 is 0. The Bertz CT molecular complexity index is 266. The molecule has 1 unspecified atom stereocenters. The summed E-state index contributed by atoms with van der Waals surface area (Å²) in [6.07, 6.45) is 2.60. The average Bonchev–Trinajstić information content (AvgIpc) is 2.33. The van der Waals surface area contributed by atoms with Crippen LogP contribution in [0.3, 0.4) is 0 Å². The molecule has 4 heteroatoms. The molecule has 0 saturated carbocycles. The zero-order valence-electron chi connectivity index (χ0n) is 5.21. The van der Waals surface area contributed by atoms with Crippen LogP contribution in [0.4, 0.5) is 4.39 Å². The van der Waals surface area contributed by atoms with Gasteiger partial charge in [-0.3, -0.25) is 0 Å². The van der Waals surface area contributed by atoms with Crippen LogP contribution in [0.2, 0.25) is 0 Å². The van der Waals surface area contributed by atoms with E-state index < -0.39 is 6.17 Å². The van der Waals surface area contributed by atoms with Crippen molar-refractivity contribution >= 4 is 6.08 Å². The topological polar surface area (TPSA) is 41.6 Å². The molecule has 1 aliphatic rings. The van der Waals surface area contributed by atoms with E-state index in [-0.39, 0.29) is 0 Å². The molecule has 0 radical (unpaired) electrons. The lowest BCUT2D eigenvalue weighted by Crippen LogP contribution is -2.06. The molecule has 0 saturated heterocycles. The molecule has 1 atom stereocenters. The fourth-order valence-electron chi connectivity index (χ4n) is 0.993. The van der Waals surface area contributed by atoms with Gasteiger partial charge in [0.1, 0.15) is 11.9 Å². The molecule has 0 aliphatic heterocycles. The van der Waals surface area contributed by atoms with Crippen LogP contribution in [-0.4, -0.2) is 21.6 Å². The molecule has 0 bridgehead atoms. The van der Waals surface area contributed by atoms with Crippen LogP contribution in [0.15, 0.2) is 6.08 Å². The van der Waals surface area contributed by atoms with E-state index in [4.69, 9.17) is 0 Å². The van der Waals surface area contributed by atoms with E-state index in [2.05, 4.69) is 15.4 Å². The first kappa shape index (κ1) is 5.58. The Balaban J connectivity index is 2.43. The fourth-order valence-corrected chi connectivity index (χ4v) is 0.993. The largest absolute Gasteiger partial charge is 0.243 e. The van der Waals surface area contributed by atoms with Gasteiger partial charge < -0.3 is 0 Å². The molecule has 1 heterocycles. The lowest BCUT2D eigenvalue weighted by Gasteiger charge is -2.04. The summed E-state index contributed by atoms with van der Waals surface area (Å²) in [7, 11) is 0. The van der Waals surface area contributed by atoms with E-state index in [9.17, 15) is 4.39 Å². The number of rotatable bonds is 0. The summed E-state index contributed by atoms with van der Waals surface area (Å²) in [6, 6.07) is 0. The molecular formula is C6H6FN3. The lowest BCUT2D eigenvalue weighted by molar-refractivity contribution is 0.394. The Morgan fingerprint density at radius 3 is 3.40 bits per heavy atom. The summed E-state index contributed by atoms with van der Waals surface area (Å²) in [6.45, 7) is 0. The van der Waals surface area contributed by atoms with Gasteiger partial charge in [0.2, 0.25) is 0 Å². The molecular weight excluding hydrogens is 133 g/mol.